The van der Waals surface area contributed by atoms with Crippen LogP contribution in [-0.4, -0.2) is 40.6 Å². The topological polar surface area (TPSA) is 130 Å². The van der Waals surface area contributed by atoms with Crippen LogP contribution in [0.1, 0.15) is 39.4 Å². The van der Waals surface area contributed by atoms with Crippen molar-refractivity contribution in [2.75, 3.05) is 18.5 Å². The molecule has 1 N–H and O–H groups in total. The van der Waals surface area contributed by atoms with Gasteiger partial charge in [0.15, 0.2) is 11.2 Å². The Hall–Kier alpha value is -3.47. The van der Waals surface area contributed by atoms with Crippen molar-refractivity contribution >= 4 is 45.4 Å². The van der Waals surface area contributed by atoms with Gasteiger partial charge in [-0.15, -0.1) is 11.3 Å². The monoisotopic (exact) mass is 433 g/mol. The van der Waals surface area contributed by atoms with Gasteiger partial charge in [-0.25, -0.2) is 23.9 Å². The molecule has 158 valence electrons. The van der Waals surface area contributed by atoms with Gasteiger partial charge in [0.2, 0.25) is 5.91 Å². The number of nitrogens with one attached hydrogen (secondary N) is 1. The Bertz CT molecular complexity index is 1170. The van der Waals surface area contributed by atoms with Crippen LogP contribution in [0.3, 0.4) is 0 Å². The number of thiophene rings is 1. The zero-order valence-corrected chi connectivity index (χ0v) is 17.3. The largest absolute Gasteiger partial charge is 0.462 e. The molecule has 30 heavy (non-hydrogen) atoms. The lowest BCUT2D eigenvalue weighted by Gasteiger charge is -2.07. The van der Waals surface area contributed by atoms with Crippen LogP contribution in [0.25, 0.3) is 11.2 Å². The molecule has 0 bridgehead atoms. The molecule has 3 rings (SSSR count). The van der Waals surface area contributed by atoms with Gasteiger partial charge < -0.3 is 19.2 Å². The van der Waals surface area contributed by atoms with E-state index >= 15 is 0 Å². The second-order valence-corrected chi connectivity index (χ2v) is 7.05. The van der Waals surface area contributed by atoms with Gasteiger partial charge in [0.05, 0.1) is 18.8 Å². The van der Waals surface area contributed by atoms with Crippen molar-refractivity contribution in [3.63, 3.8) is 0 Å². The molecule has 0 unspecified atom stereocenters. The lowest BCUT2D eigenvalue weighted by atomic mass is 10.1. The molecule has 0 aliphatic carbocycles. The van der Waals surface area contributed by atoms with E-state index in [1.807, 2.05) is 0 Å². The number of anilines is 1. The van der Waals surface area contributed by atoms with E-state index in [1.54, 1.807) is 32.9 Å². The third kappa shape index (κ3) is 4.10. The highest BCUT2D eigenvalue weighted by atomic mass is 32.1. The number of aromatic nitrogens is 2. The molecule has 0 radical (unpaired) electrons. The van der Waals surface area contributed by atoms with E-state index in [9.17, 15) is 19.2 Å². The molecule has 1 amide bonds. The van der Waals surface area contributed by atoms with Crippen molar-refractivity contribution in [3.8, 4) is 0 Å². The number of carbonyl (C=O) groups excluding carboxylic acids is 3. The fourth-order valence-electron chi connectivity index (χ4n) is 2.79. The Morgan fingerprint density at radius 2 is 1.90 bits per heavy atom. The Morgan fingerprint density at radius 3 is 2.60 bits per heavy atom. The van der Waals surface area contributed by atoms with Gasteiger partial charge in [-0.05, 0) is 38.5 Å². The maximum absolute atomic E-state index is 12.6. The number of esters is 2. The summed E-state index contributed by atoms with van der Waals surface area (Å²) in [6.45, 7) is 4.78. The van der Waals surface area contributed by atoms with Gasteiger partial charge in [-0.1, -0.05) is 0 Å². The Balaban J connectivity index is 1.92. The maximum atomic E-state index is 12.6. The van der Waals surface area contributed by atoms with Crippen molar-refractivity contribution in [2.24, 2.45) is 0 Å². The number of hydrogen-bond acceptors (Lipinski definition) is 9. The molecule has 0 aliphatic heterocycles. The lowest BCUT2D eigenvalue weighted by molar-refractivity contribution is -0.116. The minimum absolute atomic E-state index is 0.0702. The van der Waals surface area contributed by atoms with E-state index in [0.717, 1.165) is 15.9 Å². The fourth-order valence-corrected chi connectivity index (χ4v) is 3.90. The second-order valence-electron chi connectivity index (χ2n) is 6.03. The molecule has 0 saturated heterocycles. The number of carbonyl (C=O) groups is 3. The Kier molecular flexibility index (Phi) is 6.31. The lowest BCUT2D eigenvalue weighted by Crippen LogP contribution is -2.25. The number of rotatable bonds is 7. The van der Waals surface area contributed by atoms with Crippen LogP contribution >= 0.6 is 11.3 Å². The average Bonchev–Trinajstić information content (AvgIpc) is 3.19. The van der Waals surface area contributed by atoms with E-state index in [0.29, 0.717) is 5.56 Å². The minimum atomic E-state index is -0.737. The number of pyridine rings is 1. The van der Waals surface area contributed by atoms with Gasteiger partial charge in [0, 0.05) is 6.20 Å². The summed E-state index contributed by atoms with van der Waals surface area (Å²) in [7, 11) is 0. The second kappa shape index (κ2) is 8.91. The average molecular weight is 433 g/mol. The molecule has 0 aliphatic rings. The van der Waals surface area contributed by atoms with Crippen molar-refractivity contribution in [1.29, 1.82) is 0 Å². The fraction of sp³-hybridized carbons (Fsp3) is 0.316. The first-order valence-corrected chi connectivity index (χ1v) is 9.90. The molecular formula is C19H19N3O7S. The molecule has 3 heterocycles. The van der Waals surface area contributed by atoms with Gasteiger partial charge >= 0.3 is 17.7 Å². The normalized spacial score (nSPS) is 10.8. The molecule has 0 saturated carbocycles. The molecule has 3 aromatic rings. The Morgan fingerprint density at radius 1 is 1.20 bits per heavy atom. The number of fused-ring (bicyclic) bond motifs is 1. The van der Waals surface area contributed by atoms with E-state index < -0.39 is 30.1 Å². The van der Waals surface area contributed by atoms with E-state index in [1.165, 1.54) is 6.20 Å². The highest BCUT2D eigenvalue weighted by Crippen LogP contribution is 2.34. The number of hydrogen-bond donors (Lipinski definition) is 1. The molecule has 0 atom stereocenters. The van der Waals surface area contributed by atoms with Crippen molar-refractivity contribution in [2.45, 2.75) is 27.3 Å². The van der Waals surface area contributed by atoms with Crippen LogP contribution in [0, 0.1) is 6.92 Å². The van der Waals surface area contributed by atoms with Crippen LogP contribution < -0.4 is 11.1 Å². The Labute approximate surface area is 174 Å². The first kappa shape index (κ1) is 21.2. The van der Waals surface area contributed by atoms with Crippen LogP contribution in [0.5, 0.6) is 0 Å². The smallest absolute Gasteiger partial charge is 0.421 e. The van der Waals surface area contributed by atoms with Gasteiger partial charge in [-0.3, -0.25) is 4.79 Å². The van der Waals surface area contributed by atoms with E-state index in [-0.39, 0.29) is 39.9 Å². The van der Waals surface area contributed by atoms with E-state index in [4.69, 9.17) is 13.9 Å². The summed E-state index contributed by atoms with van der Waals surface area (Å²) in [4.78, 5) is 53.5. The summed E-state index contributed by atoms with van der Waals surface area (Å²) >= 11 is 0.903. The minimum Gasteiger partial charge on any atom is -0.462 e. The van der Waals surface area contributed by atoms with Gasteiger partial charge in [-0.2, -0.15) is 0 Å². The highest BCUT2D eigenvalue weighted by Gasteiger charge is 2.27. The predicted octanol–water partition coefficient (Wildman–Crippen LogP) is 2.35. The quantitative estimate of drug-likeness (QED) is 0.562. The molecule has 3 aromatic heterocycles. The van der Waals surface area contributed by atoms with Gasteiger partial charge in [0.1, 0.15) is 16.4 Å². The van der Waals surface area contributed by atoms with E-state index in [2.05, 4.69) is 10.3 Å². The predicted molar refractivity (Wildman–Crippen MR) is 108 cm³/mol. The van der Waals surface area contributed by atoms with Crippen LogP contribution in [0.4, 0.5) is 5.00 Å². The van der Waals surface area contributed by atoms with Gasteiger partial charge in [0.25, 0.3) is 0 Å². The first-order valence-electron chi connectivity index (χ1n) is 9.09. The summed E-state index contributed by atoms with van der Waals surface area (Å²) in [6.07, 6.45) is 1.47. The molecule has 0 spiro atoms. The van der Waals surface area contributed by atoms with Crippen LogP contribution in [0.15, 0.2) is 27.5 Å². The number of oxazole rings is 1. The molecule has 0 aromatic carbocycles. The maximum Gasteiger partial charge on any atom is 0.421 e. The zero-order chi connectivity index (χ0) is 21.8. The number of ether oxygens (including phenoxy) is 2. The standard InChI is InChI=1S/C19H19N3O7S/c1-4-27-17(24)13-10(3)14(18(25)28-5-2)30-16(13)21-12(23)9-22-15-11(29-19(22)26)7-6-8-20-15/h6-8H,4-5,9H2,1-3H3,(H,21,23). The van der Waals surface area contributed by atoms with Crippen LogP contribution in [0.2, 0.25) is 0 Å². The summed E-state index contributed by atoms with van der Waals surface area (Å²) in [5.74, 6) is -2.62. The molecule has 0 fully saturated rings. The third-order valence-corrected chi connectivity index (χ3v) is 5.25. The molecular weight excluding hydrogens is 414 g/mol. The summed E-state index contributed by atoms with van der Waals surface area (Å²) in [5.41, 5.74) is 0.887. The van der Waals surface area contributed by atoms with Crippen molar-refractivity contribution < 1.29 is 28.3 Å². The summed E-state index contributed by atoms with van der Waals surface area (Å²) in [5, 5.41) is 2.71. The molecule has 11 heteroatoms. The summed E-state index contributed by atoms with van der Waals surface area (Å²) in [6, 6.07) is 3.16. The summed E-state index contributed by atoms with van der Waals surface area (Å²) < 4.78 is 16.2. The first-order chi connectivity index (χ1) is 14.4. The third-order valence-electron chi connectivity index (χ3n) is 4.07. The number of amides is 1. The SMILES string of the molecule is CCOC(=O)c1sc(NC(=O)Cn2c(=O)oc3cccnc32)c(C(=O)OCC)c1C. The van der Waals surface area contributed by atoms with Crippen molar-refractivity contribution in [1.82, 2.24) is 9.55 Å². The zero-order valence-electron chi connectivity index (χ0n) is 16.5. The van der Waals surface area contributed by atoms with Crippen LogP contribution in [-0.2, 0) is 20.8 Å². The molecule has 10 nitrogen and oxygen atoms in total. The highest BCUT2D eigenvalue weighted by molar-refractivity contribution is 7.18. The van der Waals surface area contributed by atoms with Crippen molar-refractivity contribution in [3.05, 3.63) is 44.9 Å². The number of nitrogens with zero attached hydrogens (tertiary/aromatic N) is 2.